The highest BCUT2D eigenvalue weighted by Gasteiger charge is 2.23. The molecule has 2 aliphatic rings. The number of rotatable bonds is 7. The van der Waals surface area contributed by atoms with Crippen LogP contribution in [0.1, 0.15) is 38.4 Å². The summed E-state index contributed by atoms with van der Waals surface area (Å²) in [6.45, 7) is 6.35. The minimum absolute atomic E-state index is 0.541. The number of nitrogens with one attached hydrogen (secondary N) is 2. The Morgan fingerprint density at radius 2 is 2.36 bits per heavy atom. The molecular weight excluding hydrogens is 332 g/mol. The summed E-state index contributed by atoms with van der Waals surface area (Å²) in [4.78, 5) is 7.49. The van der Waals surface area contributed by atoms with Crippen LogP contribution in [0.15, 0.2) is 27.8 Å². The first-order valence-electron chi connectivity index (χ1n) is 9.74. The number of thioether (sulfide) groups is 1. The van der Waals surface area contributed by atoms with Gasteiger partial charge in [-0.05, 0) is 56.7 Å². The van der Waals surface area contributed by atoms with Gasteiger partial charge in [0.25, 0.3) is 0 Å². The third-order valence-electron chi connectivity index (χ3n) is 5.11. The molecule has 0 saturated carbocycles. The van der Waals surface area contributed by atoms with Crippen LogP contribution in [0.25, 0.3) is 0 Å². The third kappa shape index (κ3) is 5.96. The second kappa shape index (κ2) is 10.1. The zero-order valence-electron chi connectivity index (χ0n) is 15.4. The molecule has 2 fully saturated rings. The highest BCUT2D eigenvalue weighted by Crippen LogP contribution is 2.18. The van der Waals surface area contributed by atoms with Gasteiger partial charge in [-0.15, -0.1) is 0 Å². The fourth-order valence-corrected chi connectivity index (χ4v) is 4.75. The van der Waals surface area contributed by atoms with Crippen molar-refractivity contribution in [2.75, 3.05) is 37.7 Å². The van der Waals surface area contributed by atoms with E-state index >= 15 is 0 Å². The van der Waals surface area contributed by atoms with Crippen LogP contribution in [0, 0.1) is 0 Å². The number of nitrogens with zero attached hydrogens (tertiary/aromatic N) is 2. The van der Waals surface area contributed by atoms with Gasteiger partial charge in [-0.3, -0.25) is 9.89 Å². The van der Waals surface area contributed by atoms with Crippen LogP contribution in [0.3, 0.4) is 0 Å². The van der Waals surface area contributed by atoms with Gasteiger partial charge in [-0.1, -0.05) is 6.92 Å². The van der Waals surface area contributed by atoms with Crippen molar-refractivity contribution in [3.63, 3.8) is 0 Å². The molecule has 3 heterocycles. The maximum absolute atomic E-state index is 5.42. The lowest BCUT2D eigenvalue weighted by Crippen LogP contribution is -2.46. The maximum Gasteiger partial charge on any atom is 0.191 e. The number of furan rings is 1. The van der Waals surface area contributed by atoms with E-state index in [0.29, 0.717) is 12.1 Å². The summed E-state index contributed by atoms with van der Waals surface area (Å²) in [7, 11) is 0. The van der Waals surface area contributed by atoms with Crippen LogP contribution >= 0.6 is 11.8 Å². The summed E-state index contributed by atoms with van der Waals surface area (Å²) in [5, 5.41) is 7.18. The minimum atomic E-state index is 0.541. The summed E-state index contributed by atoms with van der Waals surface area (Å²) < 4.78 is 5.42. The molecular formula is C19H32N4OS. The van der Waals surface area contributed by atoms with Gasteiger partial charge in [0.05, 0.1) is 12.8 Å². The smallest absolute Gasteiger partial charge is 0.191 e. The van der Waals surface area contributed by atoms with Crippen molar-refractivity contribution >= 4 is 17.7 Å². The predicted octanol–water partition coefficient (Wildman–Crippen LogP) is 2.74. The molecule has 3 rings (SSSR count). The monoisotopic (exact) mass is 364 g/mol. The molecule has 2 unspecified atom stereocenters. The van der Waals surface area contributed by atoms with Gasteiger partial charge in [-0.25, -0.2) is 0 Å². The average Bonchev–Trinajstić information content (AvgIpc) is 3.32. The molecule has 1 aromatic rings. The molecule has 6 heteroatoms. The quantitative estimate of drug-likeness (QED) is 0.575. The van der Waals surface area contributed by atoms with Crippen LogP contribution in [-0.4, -0.2) is 60.6 Å². The summed E-state index contributed by atoms with van der Waals surface area (Å²) in [6.07, 6.45) is 7.75. The topological polar surface area (TPSA) is 52.8 Å². The van der Waals surface area contributed by atoms with E-state index in [1.54, 1.807) is 6.26 Å². The summed E-state index contributed by atoms with van der Waals surface area (Å²) >= 11 is 2.05. The Balaban J connectivity index is 1.53. The number of guanidine groups is 1. The van der Waals surface area contributed by atoms with Crippen LogP contribution in [0.5, 0.6) is 0 Å². The van der Waals surface area contributed by atoms with Gasteiger partial charge in [-0.2, -0.15) is 11.8 Å². The standard InChI is InChI=1S/C19H32N4OS/c1-2-23-11-3-7-17(23)14-21-19(22-16-6-5-13-25-15-16)20-10-9-18-8-4-12-24-18/h4,8,12,16-17H,2-3,5-7,9-11,13-15H2,1H3,(H2,20,21,22). The molecule has 2 N–H and O–H groups in total. The molecule has 0 aromatic carbocycles. The molecule has 2 saturated heterocycles. The zero-order valence-corrected chi connectivity index (χ0v) is 16.2. The molecule has 0 spiro atoms. The first kappa shape index (κ1) is 18.6. The second-order valence-electron chi connectivity index (χ2n) is 6.93. The van der Waals surface area contributed by atoms with Crippen molar-refractivity contribution < 1.29 is 4.42 Å². The number of hydrogen-bond donors (Lipinski definition) is 2. The van der Waals surface area contributed by atoms with E-state index in [1.165, 1.54) is 43.7 Å². The van der Waals surface area contributed by atoms with Gasteiger partial charge < -0.3 is 15.1 Å². The number of likely N-dealkylation sites (N-methyl/N-ethyl adjacent to an activating group) is 1. The van der Waals surface area contributed by atoms with Crippen molar-refractivity contribution in [1.82, 2.24) is 15.5 Å². The first-order chi connectivity index (χ1) is 12.3. The zero-order chi connectivity index (χ0) is 17.3. The highest BCUT2D eigenvalue weighted by atomic mass is 32.2. The number of hydrogen-bond acceptors (Lipinski definition) is 4. The van der Waals surface area contributed by atoms with E-state index in [1.807, 2.05) is 23.9 Å². The van der Waals surface area contributed by atoms with Gasteiger partial charge in [0, 0.05) is 30.8 Å². The molecule has 0 aliphatic carbocycles. The van der Waals surface area contributed by atoms with Crippen LogP contribution in [0.4, 0.5) is 0 Å². The van der Waals surface area contributed by atoms with Crippen LogP contribution in [-0.2, 0) is 6.42 Å². The highest BCUT2D eigenvalue weighted by molar-refractivity contribution is 7.99. The molecule has 2 aliphatic heterocycles. The van der Waals surface area contributed by atoms with Crippen LogP contribution in [0.2, 0.25) is 0 Å². The third-order valence-corrected chi connectivity index (χ3v) is 6.33. The maximum atomic E-state index is 5.42. The Morgan fingerprint density at radius 1 is 1.40 bits per heavy atom. The van der Waals surface area contributed by atoms with Gasteiger partial charge in [0.15, 0.2) is 5.96 Å². The summed E-state index contributed by atoms with van der Waals surface area (Å²) in [5.74, 6) is 4.48. The van der Waals surface area contributed by atoms with Crippen LogP contribution < -0.4 is 10.6 Å². The first-order valence-corrected chi connectivity index (χ1v) is 10.9. The summed E-state index contributed by atoms with van der Waals surface area (Å²) in [6, 6.07) is 5.12. The molecule has 140 valence electrons. The van der Waals surface area contributed by atoms with Crippen molar-refractivity contribution in [3.8, 4) is 0 Å². The molecule has 0 bridgehead atoms. The second-order valence-corrected chi connectivity index (χ2v) is 8.08. The molecule has 1 aromatic heterocycles. The van der Waals surface area contributed by atoms with Crippen molar-refractivity contribution in [3.05, 3.63) is 24.2 Å². The molecule has 5 nitrogen and oxygen atoms in total. The van der Waals surface area contributed by atoms with E-state index in [-0.39, 0.29) is 0 Å². The van der Waals surface area contributed by atoms with Crippen molar-refractivity contribution in [2.45, 2.75) is 51.1 Å². The van der Waals surface area contributed by atoms with E-state index in [2.05, 4.69) is 22.5 Å². The Labute approximate surface area is 156 Å². The van der Waals surface area contributed by atoms with E-state index in [4.69, 9.17) is 9.41 Å². The lowest BCUT2D eigenvalue weighted by atomic mass is 10.2. The molecule has 2 atom stereocenters. The van der Waals surface area contributed by atoms with Gasteiger partial charge in [0.2, 0.25) is 0 Å². The fourth-order valence-electron chi connectivity index (χ4n) is 3.67. The van der Waals surface area contributed by atoms with E-state index in [0.717, 1.165) is 37.8 Å². The van der Waals surface area contributed by atoms with Crippen molar-refractivity contribution in [1.29, 1.82) is 0 Å². The van der Waals surface area contributed by atoms with Gasteiger partial charge >= 0.3 is 0 Å². The fraction of sp³-hybridized carbons (Fsp3) is 0.737. The predicted molar refractivity (Wildman–Crippen MR) is 106 cm³/mol. The Hall–Kier alpha value is -1.14. The molecule has 25 heavy (non-hydrogen) atoms. The normalized spacial score (nSPS) is 25.2. The number of likely N-dealkylation sites (tertiary alicyclic amines) is 1. The minimum Gasteiger partial charge on any atom is -0.469 e. The van der Waals surface area contributed by atoms with E-state index < -0.39 is 0 Å². The Morgan fingerprint density at radius 3 is 3.12 bits per heavy atom. The summed E-state index contributed by atoms with van der Waals surface area (Å²) in [5.41, 5.74) is 0. The Bertz CT molecular complexity index is 514. The average molecular weight is 365 g/mol. The Kier molecular flexibility index (Phi) is 7.55. The lowest BCUT2D eigenvalue weighted by molar-refractivity contribution is 0.273. The molecule has 0 radical (unpaired) electrons. The van der Waals surface area contributed by atoms with Gasteiger partial charge in [0.1, 0.15) is 5.76 Å². The van der Waals surface area contributed by atoms with Crippen molar-refractivity contribution in [2.24, 2.45) is 4.99 Å². The largest absolute Gasteiger partial charge is 0.469 e. The SMILES string of the molecule is CCN1CCCC1CN=C(NCCc1ccco1)NC1CCCSC1. The number of aliphatic imine (C=N–C) groups is 1. The molecule has 0 amide bonds. The lowest BCUT2D eigenvalue weighted by Gasteiger charge is -2.26. The van der Waals surface area contributed by atoms with E-state index in [9.17, 15) is 0 Å².